The topological polar surface area (TPSA) is 36.1 Å². The van der Waals surface area contributed by atoms with E-state index in [1.54, 1.807) is 0 Å². The molecule has 0 atom stereocenters. The molecule has 102 valence electrons. The van der Waals surface area contributed by atoms with Crippen LogP contribution in [0.5, 0.6) is 0 Å². The van der Waals surface area contributed by atoms with Gasteiger partial charge in [0.05, 0.1) is 0 Å². The van der Waals surface area contributed by atoms with Crippen molar-refractivity contribution in [1.29, 1.82) is 0 Å². The SMILES string of the molecule is C.CC.CCCNCCNCCNCCC. The van der Waals surface area contributed by atoms with Crippen LogP contribution in [0.3, 0.4) is 0 Å². The van der Waals surface area contributed by atoms with Gasteiger partial charge >= 0.3 is 0 Å². The van der Waals surface area contributed by atoms with E-state index in [1.807, 2.05) is 13.8 Å². The van der Waals surface area contributed by atoms with E-state index in [-0.39, 0.29) is 7.43 Å². The number of rotatable bonds is 10. The van der Waals surface area contributed by atoms with E-state index in [2.05, 4.69) is 29.8 Å². The smallest absolute Gasteiger partial charge is 0.00772 e. The Kier molecular flexibility index (Phi) is 32.1. The van der Waals surface area contributed by atoms with Crippen LogP contribution in [0.4, 0.5) is 0 Å². The lowest BCUT2D eigenvalue weighted by Crippen LogP contribution is -2.33. The van der Waals surface area contributed by atoms with E-state index in [4.69, 9.17) is 0 Å². The molecule has 0 aliphatic carbocycles. The molecule has 0 aliphatic heterocycles. The van der Waals surface area contributed by atoms with Crippen molar-refractivity contribution in [3.8, 4) is 0 Å². The highest BCUT2D eigenvalue weighted by atomic mass is 15.0. The summed E-state index contributed by atoms with van der Waals surface area (Å²) < 4.78 is 0. The van der Waals surface area contributed by atoms with Gasteiger partial charge in [0.25, 0.3) is 0 Å². The van der Waals surface area contributed by atoms with Crippen molar-refractivity contribution in [2.24, 2.45) is 0 Å². The fourth-order valence-electron chi connectivity index (χ4n) is 1.08. The fraction of sp³-hybridized carbons (Fsp3) is 1.00. The zero-order valence-electron chi connectivity index (χ0n) is 11.2. The van der Waals surface area contributed by atoms with Crippen molar-refractivity contribution in [3.63, 3.8) is 0 Å². The van der Waals surface area contributed by atoms with Gasteiger partial charge in [-0.15, -0.1) is 0 Å². The summed E-state index contributed by atoms with van der Waals surface area (Å²) in [6.45, 7) is 15.0. The molecule has 0 amide bonds. The summed E-state index contributed by atoms with van der Waals surface area (Å²) in [5, 5.41) is 10.1. The summed E-state index contributed by atoms with van der Waals surface area (Å²) in [4.78, 5) is 0. The molecule has 0 bridgehead atoms. The van der Waals surface area contributed by atoms with Crippen LogP contribution < -0.4 is 16.0 Å². The predicted molar refractivity (Wildman–Crippen MR) is 77.3 cm³/mol. The second-order valence-corrected chi connectivity index (χ2v) is 3.25. The normalized spacial score (nSPS) is 9.00. The average Bonchev–Trinajstić information content (AvgIpc) is 2.30. The summed E-state index contributed by atoms with van der Waals surface area (Å²) in [5.74, 6) is 0. The third kappa shape index (κ3) is 23.6. The molecule has 0 fully saturated rings. The summed E-state index contributed by atoms with van der Waals surface area (Å²) >= 11 is 0. The van der Waals surface area contributed by atoms with Gasteiger partial charge in [-0.2, -0.15) is 0 Å². The van der Waals surface area contributed by atoms with Crippen molar-refractivity contribution >= 4 is 0 Å². The lowest BCUT2D eigenvalue weighted by atomic mass is 10.4. The molecule has 0 aliphatic rings. The predicted octanol–water partition coefficient (Wildman–Crippen LogP) is 2.24. The lowest BCUT2D eigenvalue weighted by molar-refractivity contribution is 0.577. The van der Waals surface area contributed by atoms with Crippen molar-refractivity contribution in [2.75, 3.05) is 39.3 Å². The fourth-order valence-corrected chi connectivity index (χ4v) is 1.08. The highest BCUT2D eigenvalue weighted by Crippen LogP contribution is 1.69. The average molecular weight is 233 g/mol. The van der Waals surface area contributed by atoms with Crippen LogP contribution in [-0.2, 0) is 0 Å². The van der Waals surface area contributed by atoms with Crippen molar-refractivity contribution < 1.29 is 0 Å². The Hall–Kier alpha value is -0.120. The van der Waals surface area contributed by atoms with Crippen molar-refractivity contribution in [1.82, 2.24) is 16.0 Å². The second-order valence-electron chi connectivity index (χ2n) is 3.25. The molecule has 0 radical (unpaired) electrons. The molecule has 0 saturated heterocycles. The van der Waals surface area contributed by atoms with E-state index in [9.17, 15) is 0 Å². The first-order valence-corrected chi connectivity index (χ1v) is 6.54. The summed E-state index contributed by atoms with van der Waals surface area (Å²) in [6, 6.07) is 0. The quantitative estimate of drug-likeness (QED) is 0.507. The van der Waals surface area contributed by atoms with Crippen LogP contribution in [-0.4, -0.2) is 39.3 Å². The molecule has 0 aromatic heterocycles. The van der Waals surface area contributed by atoms with Gasteiger partial charge in [0, 0.05) is 26.2 Å². The van der Waals surface area contributed by atoms with Crippen LogP contribution in [0.1, 0.15) is 48.0 Å². The van der Waals surface area contributed by atoms with E-state index >= 15 is 0 Å². The Balaban J connectivity index is -0.000000529. The molecule has 0 unspecified atom stereocenters. The van der Waals surface area contributed by atoms with Crippen LogP contribution in [0.15, 0.2) is 0 Å². The molecule has 0 saturated carbocycles. The van der Waals surface area contributed by atoms with Gasteiger partial charge < -0.3 is 16.0 Å². The minimum absolute atomic E-state index is 0. The first-order valence-electron chi connectivity index (χ1n) is 6.54. The molecule has 3 N–H and O–H groups in total. The highest BCUT2D eigenvalue weighted by Gasteiger charge is 1.87. The molecule has 16 heavy (non-hydrogen) atoms. The summed E-state index contributed by atoms with van der Waals surface area (Å²) in [6.07, 6.45) is 2.44. The molecule has 0 heterocycles. The first kappa shape index (κ1) is 21.2. The van der Waals surface area contributed by atoms with Crippen LogP contribution >= 0.6 is 0 Å². The number of hydrogen-bond donors (Lipinski definition) is 3. The Morgan fingerprint density at radius 1 is 0.562 bits per heavy atom. The molecular formula is C13H35N3. The van der Waals surface area contributed by atoms with E-state index in [0.29, 0.717) is 0 Å². The lowest BCUT2D eigenvalue weighted by Gasteiger charge is -2.06. The third-order valence-corrected chi connectivity index (χ3v) is 1.81. The Bertz CT molecular complexity index is 77.2. The number of hydrogen-bond acceptors (Lipinski definition) is 3. The highest BCUT2D eigenvalue weighted by molar-refractivity contribution is 4.53. The number of nitrogens with one attached hydrogen (secondary N) is 3. The Morgan fingerprint density at radius 2 is 0.812 bits per heavy atom. The van der Waals surface area contributed by atoms with Crippen molar-refractivity contribution in [3.05, 3.63) is 0 Å². The minimum Gasteiger partial charge on any atom is -0.315 e. The molecule has 3 heteroatoms. The zero-order chi connectivity index (χ0) is 11.8. The van der Waals surface area contributed by atoms with Gasteiger partial charge in [-0.3, -0.25) is 0 Å². The molecule has 0 aromatic carbocycles. The summed E-state index contributed by atoms with van der Waals surface area (Å²) in [5.41, 5.74) is 0. The van der Waals surface area contributed by atoms with Gasteiger partial charge in [0.15, 0.2) is 0 Å². The van der Waals surface area contributed by atoms with E-state index in [1.165, 1.54) is 12.8 Å². The van der Waals surface area contributed by atoms with Gasteiger partial charge in [0.1, 0.15) is 0 Å². The molecular weight excluding hydrogens is 198 g/mol. The Labute approximate surface area is 104 Å². The minimum atomic E-state index is 0. The van der Waals surface area contributed by atoms with Gasteiger partial charge in [0.2, 0.25) is 0 Å². The standard InChI is InChI=1S/C10H25N3.C2H6.CH4/c1-3-5-11-7-9-13-10-8-12-6-4-2;1-2;/h11-13H,3-10H2,1-2H3;1-2H3;1H4. The molecule has 0 spiro atoms. The Morgan fingerprint density at radius 3 is 1.06 bits per heavy atom. The van der Waals surface area contributed by atoms with Gasteiger partial charge in [-0.1, -0.05) is 35.1 Å². The molecule has 0 aromatic rings. The largest absolute Gasteiger partial charge is 0.315 e. The maximum atomic E-state index is 3.38. The molecule has 3 nitrogen and oxygen atoms in total. The monoisotopic (exact) mass is 233 g/mol. The van der Waals surface area contributed by atoms with Crippen molar-refractivity contribution in [2.45, 2.75) is 48.0 Å². The second kappa shape index (κ2) is 24.2. The summed E-state index contributed by atoms with van der Waals surface area (Å²) in [7, 11) is 0. The first-order chi connectivity index (χ1) is 7.41. The van der Waals surface area contributed by atoms with Crippen LogP contribution in [0.25, 0.3) is 0 Å². The van der Waals surface area contributed by atoms with Gasteiger partial charge in [-0.05, 0) is 25.9 Å². The zero-order valence-corrected chi connectivity index (χ0v) is 11.2. The van der Waals surface area contributed by atoms with Crippen LogP contribution in [0.2, 0.25) is 0 Å². The van der Waals surface area contributed by atoms with Gasteiger partial charge in [-0.25, -0.2) is 0 Å². The van der Waals surface area contributed by atoms with Crippen LogP contribution in [0, 0.1) is 0 Å². The molecule has 0 rings (SSSR count). The van der Waals surface area contributed by atoms with E-state index < -0.39 is 0 Å². The third-order valence-electron chi connectivity index (χ3n) is 1.81. The van der Waals surface area contributed by atoms with E-state index in [0.717, 1.165) is 39.3 Å². The maximum Gasteiger partial charge on any atom is 0.00772 e. The maximum absolute atomic E-state index is 3.38.